The Labute approximate surface area is 98.3 Å². The SMILES string of the molecule is CC(=O)Nc1cc2ccc(C)c(C)c2oc1=O. The van der Waals surface area contributed by atoms with Crippen LogP contribution in [0.1, 0.15) is 18.1 Å². The number of fused-ring (bicyclic) bond motifs is 1. The Balaban J connectivity index is 2.71. The van der Waals surface area contributed by atoms with E-state index >= 15 is 0 Å². The Morgan fingerprint density at radius 1 is 1.29 bits per heavy atom. The van der Waals surface area contributed by atoms with Crippen LogP contribution in [0, 0.1) is 13.8 Å². The summed E-state index contributed by atoms with van der Waals surface area (Å²) in [6.07, 6.45) is 0. The largest absolute Gasteiger partial charge is 0.421 e. The van der Waals surface area contributed by atoms with E-state index in [0.717, 1.165) is 16.5 Å². The molecule has 17 heavy (non-hydrogen) atoms. The Morgan fingerprint density at radius 3 is 2.65 bits per heavy atom. The van der Waals surface area contributed by atoms with E-state index in [1.165, 1.54) is 6.92 Å². The lowest BCUT2D eigenvalue weighted by molar-refractivity contribution is -0.114. The predicted octanol–water partition coefficient (Wildman–Crippen LogP) is 2.37. The number of carbonyl (C=O) groups excluding carboxylic acids is 1. The first-order valence-electron chi connectivity index (χ1n) is 5.30. The molecular formula is C13H13NO3. The van der Waals surface area contributed by atoms with Crippen molar-refractivity contribution < 1.29 is 9.21 Å². The lowest BCUT2D eigenvalue weighted by Crippen LogP contribution is -2.14. The summed E-state index contributed by atoms with van der Waals surface area (Å²) in [6.45, 7) is 5.21. The third-order valence-electron chi connectivity index (χ3n) is 2.73. The predicted molar refractivity (Wildman–Crippen MR) is 66.3 cm³/mol. The van der Waals surface area contributed by atoms with Gasteiger partial charge in [-0.15, -0.1) is 0 Å². The van der Waals surface area contributed by atoms with E-state index in [0.29, 0.717) is 5.58 Å². The monoisotopic (exact) mass is 231 g/mol. The normalized spacial score (nSPS) is 10.5. The Hall–Kier alpha value is -2.10. The minimum absolute atomic E-state index is 0.174. The summed E-state index contributed by atoms with van der Waals surface area (Å²) in [4.78, 5) is 22.6. The van der Waals surface area contributed by atoms with E-state index < -0.39 is 5.63 Å². The van der Waals surface area contributed by atoms with E-state index in [9.17, 15) is 9.59 Å². The highest BCUT2D eigenvalue weighted by Gasteiger charge is 2.09. The molecular weight excluding hydrogens is 218 g/mol. The van der Waals surface area contributed by atoms with Crippen molar-refractivity contribution in [1.82, 2.24) is 0 Å². The van der Waals surface area contributed by atoms with Crippen molar-refractivity contribution in [2.75, 3.05) is 5.32 Å². The molecule has 0 aliphatic rings. The maximum Gasteiger partial charge on any atom is 0.360 e. The molecule has 0 fully saturated rings. The zero-order chi connectivity index (χ0) is 12.6. The number of anilines is 1. The Morgan fingerprint density at radius 2 is 2.00 bits per heavy atom. The molecule has 0 unspecified atom stereocenters. The second-order valence-electron chi connectivity index (χ2n) is 4.05. The quantitative estimate of drug-likeness (QED) is 0.766. The molecule has 1 aromatic carbocycles. The number of rotatable bonds is 1. The Bertz CT molecular complexity index is 655. The van der Waals surface area contributed by atoms with Gasteiger partial charge in [0, 0.05) is 12.3 Å². The third-order valence-corrected chi connectivity index (χ3v) is 2.73. The zero-order valence-electron chi connectivity index (χ0n) is 9.96. The van der Waals surface area contributed by atoms with Crippen molar-refractivity contribution in [3.63, 3.8) is 0 Å². The summed E-state index contributed by atoms with van der Waals surface area (Å²) in [5.74, 6) is -0.291. The van der Waals surface area contributed by atoms with Gasteiger partial charge < -0.3 is 9.73 Å². The number of nitrogens with one attached hydrogen (secondary N) is 1. The molecule has 0 atom stereocenters. The van der Waals surface area contributed by atoms with Gasteiger partial charge in [-0.05, 0) is 31.0 Å². The van der Waals surface area contributed by atoms with Gasteiger partial charge in [0.05, 0.1) is 0 Å². The molecule has 0 saturated carbocycles. The lowest BCUT2D eigenvalue weighted by Gasteiger charge is -2.06. The first kappa shape index (κ1) is 11.4. The van der Waals surface area contributed by atoms with Gasteiger partial charge in [-0.3, -0.25) is 4.79 Å². The second-order valence-corrected chi connectivity index (χ2v) is 4.05. The van der Waals surface area contributed by atoms with E-state index in [1.54, 1.807) is 6.07 Å². The second kappa shape index (κ2) is 4.05. The number of hydrogen-bond donors (Lipinski definition) is 1. The van der Waals surface area contributed by atoms with Gasteiger partial charge in [0.2, 0.25) is 5.91 Å². The molecule has 0 spiro atoms. The van der Waals surface area contributed by atoms with Crippen LogP contribution in [0.4, 0.5) is 5.69 Å². The summed E-state index contributed by atoms with van der Waals surface area (Å²) in [5, 5.41) is 3.26. The van der Waals surface area contributed by atoms with Crippen LogP contribution in [-0.2, 0) is 4.79 Å². The highest BCUT2D eigenvalue weighted by molar-refractivity contribution is 5.91. The van der Waals surface area contributed by atoms with Crippen molar-refractivity contribution in [1.29, 1.82) is 0 Å². The highest BCUT2D eigenvalue weighted by atomic mass is 16.4. The minimum atomic E-state index is -0.526. The molecule has 1 heterocycles. The van der Waals surface area contributed by atoms with Crippen LogP contribution in [0.15, 0.2) is 27.4 Å². The van der Waals surface area contributed by atoms with Gasteiger partial charge >= 0.3 is 5.63 Å². The molecule has 1 amide bonds. The van der Waals surface area contributed by atoms with Gasteiger partial charge in [-0.25, -0.2) is 4.79 Å². The Kier molecular flexibility index (Phi) is 2.71. The topological polar surface area (TPSA) is 59.3 Å². The number of amides is 1. The molecule has 4 heteroatoms. The van der Waals surface area contributed by atoms with Gasteiger partial charge in [0.1, 0.15) is 11.3 Å². The van der Waals surface area contributed by atoms with Crippen LogP contribution in [0.2, 0.25) is 0 Å². The van der Waals surface area contributed by atoms with Crippen LogP contribution in [-0.4, -0.2) is 5.91 Å². The fourth-order valence-electron chi connectivity index (χ4n) is 1.70. The van der Waals surface area contributed by atoms with Crippen LogP contribution in [0.5, 0.6) is 0 Å². The van der Waals surface area contributed by atoms with Crippen LogP contribution in [0.3, 0.4) is 0 Å². The summed E-state index contributed by atoms with van der Waals surface area (Å²) >= 11 is 0. The highest BCUT2D eigenvalue weighted by Crippen LogP contribution is 2.22. The number of aryl methyl sites for hydroxylation is 2. The first-order chi connectivity index (χ1) is 7.99. The van der Waals surface area contributed by atoms with Crippen molar-refractivity contribution in [3.8, 4) is 0 Å². The third kappa shape index (κ3) is 2.06. The van der Waals surface area contributed by atoms with Crippen molar-refractivity contribution >= 4 is 22.6 Å². The van der Waals surface area contributed by atoms with Gasteiger partial charge in [-0.1, -0.05) is 12.1 Å². The average Bonchev–Trinajstić information content (AvgIpc) is 2.25. The molecule has 1 N–H and O–H groups in total. The van der Waals surface area contributed by atoms with Crippen LogP contribution in [0.25, 0.3) is 11.0 Å². The molecule has 88 valence electrons. The molecule has 4 nitrogen and oxygen atoms in total. The zero-order valence-corrected chi connectivity index (χ0v) is 9.96. The van der Waals surface area contributed by atoms with E-state index in [-0.39, 0.29) is 11.6 Å². The molecule has 0 radical (unpaired) electrons. The summed E-state index contributed by atoms with van der Waals surface area (Å²) in [7, 11) is 0. The fraction of sp³-hybridized carbons (Fsp3) is 0.231. The first-order valence-corrected chi connectivity index (χ1v) is 5.30. The summed E-state index contributed by atoms with van der Waals surface area (Å²) in [5.41, 5.74) is 2.22. The summed E-state index contributed by atoms with van der Waals surface area (Å²) in [6, 6.07) is 5.45. The van der Waals surface area contributed by atoms with Crippen molar-refractivity contribution in [2.45, 2.75) is 20.8 Å². The minimum Gasteiger partial charge on any atom is -0.421 e. The lowest BCUT2D eigenvalue weighted by atomic mass is 10.1. The van der Waals surface area contributed by atoms with E-state index in [2.05, 4.69) is 5.32 Å². The van der Waals surface area contributed by atoms with Gasteiger partial charge in [0.15, 0.2) is 0 Å². The van der Waals surface area contributed by atoms with E-state index in [4.69, 9.17) is 4.42 Å². The maximum atomic E-state index is 11.7. The summed E-state index contributed by atoms with van der Waals surface area (Å²) < 4.78 is 5.24. The maximum absolute atomic E-state index is 11.7. The van der Waals surface area contributed by atoms with E-state index in [1.807, 2.05) is 26.0 Å². The van der Waals surface area contributed by atoms with Crippen molar-refractivity contribution in [2.24, 2.45) is 0 Å². The van der Waals surface area contributed by atoms with Crippen molar-refractivity contribution in [3.05, 3.63) is 39.7 Å². The number of benzene rings is 1. The standard InChI is InChI=1S/C13H13NO3/c1-7-4-5-10-6-11(14-9(3)15)13(16)17-12(10)8(7)2/h4-6H,1-3H3,(H,14,15). The number of hydrogen-bond acceptors (Lipinski definition) is 3. The molecule has 0 saturated heterocycles. The smallest absolute Gasteiger partial charge is 0.360 e. The molecule has 0 aliphatic carbocycles. The van der Waals surface area contributed by atoms with Crippen LogP contribution < -0.4 is 10.9 Å². The molecule has 0 aliphatic heterocycles. The molecule has 0 bridgehead atoms. The molecule has 2 aromatic rings. The van der Waals surface area contributed by atoms with Gasteiger partial charge in [0.25, 0.3) is 0 Å². The molecule has 2 rings (SSSR count). The fourth-order valence-corrected chi connectivity index (χ4v) is 1.70. The van der Waals surface area contributed by atoms with Gasteiger partial charge in [-0.2, -0.15) is 0 Å². The van der Waals surface area contributed by atoms with Crippen LogP contribution >= 0.6 is 0 Å². The number of carbonyl (C=O) groups is 1. The average molecular weight is 231 g/mol. The molecule has 1 aromatic heterocycles.